The molecule has 0 aliphatic carbocycles. The van der Waals surface area contributed by atoms with Crippen LogP contribution in [0.1, 0.15) is 34.2 Å². The number of aromatic nitrogens is 1. The summed E-state index contributed by atoms with van der Waals surface area (Å²) in [7, 11) is 0. The molecule has 5 heteroatoms. The van der Waals surface area contributed by atoms with Crippen molar-refractivity contribution in [1.29, 1.82) is 0 Å². The van der Waals surface area contributed by atoms with Crippen LogP contribution in [0.15, 0.2) is 42.5 Å². The highest BCUT2D eigenvalue weighted by molar-refractivity contribution is 5.94. The minimum atomic E-state index is -0.470. The first-order valence-corrected chi connectivity index (χ1v) is 6.77. The number of hydrogen-bond acceptors (Lipinski definition) is 3. The third-order valence-corrected chi connectivity index (χ3v) is 2.98. The number of carbonyl (C=O) groups excluding carboxylic acids is 2. The molecule has 2 rings (SSSR count). The molecule has 0 aliphatic heterocycles. The molecule has 1 aromatic heterocycles. The zero-order valence-electron chi connectivity index (χ0n) is 11.8. The third-order valence-electron chi connectivity index (χ3n) is 2.98. The van der Waals surface area contributed by atoms with E-state index in [-0.39, 0.29) is 5.91 Å². The van der Waals surface area contributed by atoms with Crippen LogP contribution in [0, 0.1) is 0 Å². The van der Waals surface area contributed by atoms with Crippen molar-refractivity contribution in [2.75, 3.05) is 6.54 Å². The van der Waals surface area contributed by atoms with E-state index >= 15 is 0 Å². The molecule has 21 heavy (non-hydrogen) atoms. The van der Waals surface area contributed by atoms with E-state index in [2.05, 4.69) is 10.3 Å². The lowest BCUT2D eigenvalue weighted by Gasteiger charge is -2.06. The van der Waals surface area contributed by atoms with Gasteiger partial charge in [-0.25, -0.2) is 4.98 Å². The van der Waals surface area contributed by atoms with Crippen molar-refractivity contribution in [2.24, 2.45) is 5.73 Å². The summed E-state index contributed by atoms with van der Waals surface area (Å²) in [6.07, 6.45) is 0.875. The van der Waals surface area contributed by atoms with Crippen molar-refractivity contribution in [2.45, 2.75) is 13.3 Å². The number of nitrogens with zero attached hydrogens (tertiary/aromatic N) is 1. The average molecular weight is 283 g/mol. The van der Waals surface area contributed by atoms with Gasteiger partial charge in [0.25, 0.3) is 5.91 Å². The van der Waals surface area contributed by atoms with E-state index in [4.69, 9.17) is 5.73 Å². The Balaban J connectivity index is 2.24. The molecule has 1 aromatic carbocycles. The van der Waals surface area contributed by atoms with Crippen LogP contribution in [-0.2, 0) is 0 Å². The van der Waals surface area contributed by atoms with E-state index in [0.717, 1.165) is 12.0 Å². The first-order chi connectivity index (χ1) is 10.1. The van der Waals surface area contributed by atoms with Gasteiger partial charge in [-0.15, -0.1) is 0 Å². The summed E-state index contributed by atoms with van der Waals surface area (Å²) in [4.78, 5) is 27.3. The van der Waals surface area contributed by atoms with E-state index in [1.165, 1.54) is 0 Å². The normalized spacial score (nSPS) is 10.1. The quantitative estimate of drug-likeness (QED) is 0.880. The maximum Gasteiger partial charge on any atom is 0.269 e. The molecule has 1 heterocycles. The predicted molar refractivity (Wildman–Crippen MR) is 80.8 cm³/mol. The van der Waals surface area contributed by atoms with Crippen molar-refractivity contribution >= 4 is 11.8 Å². The highest BCUT2D eigenvalue weighted by Crippen LogP contribution is 2.18. The van der Waals surface area contributed by atoms with Gasteiger partial charge in [-0.3, -0.25) is 9.59 Å². The van der Waals surface area contributed by atoms with Gasteiger partial charge in [-0.2, -0.15) is 0 Å². The van der Waals surface area contributed by atoms with E-state index in [1.54, 1.807) is 36.4 Å². The molecule has 2 amide bonds. The van der Waals surface area contributed by atoms with Crippen molar-refractivity contribution in [3.63, 3.8) is 0 Å². The molecule has 0 aliphatic rings. The lowest BCUT2D eigenvalue weighted by atomic mass is 10.1. The van der Waals surface area contributed by atoms with Gasteiger partial charge >= 0.3 is 0 Å². The maximum absolute atomic E-state index is 11.9. The molecule has 0 saturated heterocycles. The molecular weight excluding hydrogens is 266 g/mol. The number of hydrogen-bond donors (Lipinski definition) is 2. The second-order valence-electron chi connectivity index (χ2n) is 4.61. The summed E-state index contributed by atoms with van der Waals surface area (Å²) in [6.45, 7) is 2.61. The first-order valence-electron chi connectivity index (χ1n) is 6.77. The van der Waals surface area contributed by atoms with E-state index in [9.17, 15) is 9.59 Å². The van der Waals surface area contributed by atoms with Crippen LogP contribution < -0.4 is 11.1 Å². The topological polar surface area (TPSA) is 85.1 Å². The predicted octanol–water partition coefficient (Wildman–Crippen LogP) is 1.99. The van der Waals surface area contributed by atoms with Crippen LogP contribution in [0.4, 0.5) is 0 Å². The smallest absolute Gasteiger partial charge is 0.269 e. The zero-order chi connectivity index (χ0) is 15.2. The Bertz CT molecular complexity index is 651. The molecule has 3 N–H and O–H groups in total. The average Bonchev–Trinajstić information content (AvgIpc) is 2.52. The largest absolute Gasteiger partial charge is 0.366 e. The molecule has 0 spiro atoms. The molecule has 2 aromatic rings. The molecule has 0 radical (unpaired) electrons. The fourth-order valence-corrected chi connectivity index (χ4v) is 1.86. The summed E-state index contributed by atoms with van der Waals surface area (Å²) >= 11 is 0. The Hall–Kier alpha value is -2.69. The van der Waals surface area contributed by atoms with Crippen LogP contribution in [0.2, 0.25) is 0 Å². The molecule has 0 unspecified atom stereocenters. The molecule has 0 saturated carbocycles. The van der Waals surface area contributed by atoms with Gasteiger partial charge in [0.2, 0.25) is 5.91 Å². The van der Waals surface area contributed by atoms with Crippen LogP contribution in [0.3, 0.4) is 0 Å². The molecule has 5 nitrogen and oxygen atoms in total. The molecular formula is C16H17N3O2. The molecule has 0 fully saturated rings. The number of nitrogens with one attached hydrogen (secondary N) is 1. The number of nitrogens with two attached hydrogens (primary N) is 1. The number of benzene rings is 1. The molecule has 0 atom stereocenters. The van der Waals surface area contributed by atoms with Gasteiger partial charge in [-0.05, 0) is 30.7 Å². The van der Waals surface area contributed by atoms with Gasteiger partial charge in [0.15, 0.2) is 0 Å². The second kappa shape index (κ2) is 6.65. The van der Waals surface area contributed by atoms with Gasteiger partial charge in [0.05, 0.1) is 5.69 Å². The minimum Gasteiger partial charge on any atom is -0.366 e. The highest BCUT2D eigenvalue weighted by atomic mass is 16.2. The van der Waals surface area contributed by atoms with Crippen molar-refractivity contribution < 1.29 is 9.59 Å². The number of carbonyl (C=O) groups is 2. The van der Waals surface area contributed by atoms with Crippen LogP contribution >= 0.6 is 0 Å². The molecule has 0 bridgehead atoms. The van der Waals surface area contributed by atoms with Crippen molar-refractivity contribution in [1.82, 2.24) is 10.3 Å². The number of rotatable bonds is 5. The lowest BCUT2D eigenvalue weighted by Crippen LogP contribution is -2.24. The second-order valence-corrected chi connectivity index (χ2v) is 4.61. The first kappa shape index (κ1) is 14.7. The SMILES string of the molecule is CCCNC(=O)c1cccc(-c2ccc(C(N)=O)cc2)n1. The highest BCUT2D eigenvalue weighted by Gasteiger charge is 2.08. The lowest BCUT2D eigenvalue weighted by molar-refractivity contribution is 0.0947. The van der Waals surface area contributed by atoms with Crippen molar-refractivity contribution in [3.8, 4) is 11.3 Å². The van der Waals surface area contributed by atoms with Crippen LogP contribution in [-0.4, -0.2) is 23.3 Å². The van der Waals surface area contributed by atoms with Gasteiger partial charge in [0, 0.05) is 17.7 Å². The van der Waals surface area contributed by atoms with Gasteiger partial charge < -0.3 is 11.1 Å². The van der Waals surface area contributed by atoms with Crippen LogP contribution in [0.5, 0.6) is 0 Å². The van der Waals surface area contributed by atoms with Gasteiger partial charge in [0.1, 0.15) is 5.69 Å². The number of primary amides is 1. The summed E-state index contributed by atoms with van der Waals surface area (Å²) in [5, 5.41) is 2.79. The number of pyridine rings is 1. The van der Waals surface area contributed by atoms with Crippen molar-refractivity contribution in [3.05, 3.63) is 53.7 Å². The summed E-state index contributed by atoms with van der Waals surface area (Å²) in [5.41, 5.74) is 7.52. The fourth-order valence-electron chi connectivity index (χ4n) is 1.86. The summed E-state index contributed by atoms with van der Waals surface area (Å²) < 4.78 is 0. The van der Waals surface area contributed by atoms with E-state index in [1.807, 2.05) is 13.0 Å². The standard InChI is InChI=1S/C16H17N3O2/c1-2-10-18-16(21)14-5-3-4-13(19-14)11-6-8-12(9-7-11)15(17)20/h3-9H,2,10H2,1H3,(H2,17,20)(H,18,21). The zero-order valence-corrected chi connectivity index (χ0v) is 11.8. The van der Waals surface area contributed by atoms with Gasteiger partial charge in [-0.1, -0.05) is 25.1 Å². The fraction of sp³-hybridized carbons (Fsp3) is 0.188. The van der Waals surface area contributed by atoms with E-state index < -0.39 is 5.91 Å². The van der Waals surface area contributed by atoms with Crippen LogP contribution in [0.25, 0.3) is 11.3 Å². The minimum absolute atomic E-state index is 0.188. The summed E-state index contributed by atoms with van der Waals surface area (Å²) in [6, 6.07) is 12.1. The Morgan fingerprint density at radius 1 is 1.14 bits per heavy atom. The number of amides is 2. The molecule has 108 valence electrons. The Labute approximate surface area is 123 Å². The Kier molecular flexibility index (Phi) is 4.66. The summed E-state index contributed by atoms with van der Waals surface area (Å²) in [5.74, 6) is -0.658. The maximum atomic E-state index is 11.9. The Morgan fingerprint density at radius 2 is 1.86 bits per heavy atom. The monoisotopic (exact) mass is 283 g/mol. The Morgan fingerprint density at radius 3 is 2.48 bits per heavy atom. The van der Waals surface area contributed by atoms with E-state index in [0.29, 0.717) is 23.5 Å². The third kappa shape index (κ3) is 3.66.